The minimum atomic E-state index is 0. The van der Waals surface area contributed by atoms with Gasteiger partial charge < -0.3 is 24.4 Å². The van der Waals surface area contributed by atoms with Crippen molar-refractivity contribution in [1.82, 2.24) is 10.2 Å². The van der Waals surface area contributed by atoms with Gasteiger partial charge in [0, 0.05) is 32.8 Å². The molecular formula is C21H34IN3O3. The zero-order chi connectivity index (χ0) is 18.9. The Morgan fingerprint density at radius 3 is 2.79 bits per heavy atom. The van der Waals surface area contributed by atoms with Crippen molar-refractivity contribution >= 4 is 29.9 Å². The number of para-hydroxylation sites is 1. The number of hydrogen-bond acceptors (Lipinski definition) is 4. The van der Waals surface area contributed by atoms with E-state index in [0.717, 1.165) is 70.4 Å². The van der Waals surface area contributed by atoms with Crippen LogP contribution >= 0.6 is 24.0 Å². The molecule has 0 spiro atoms. The third-order valence-electron chi connectivity index (χ3n) is 5.02. The van der Waals surface area contributed by atoms with Gasteiger partial charge in [0.15, 0.2) is 5.96 Å². The molecule has 0 saturated carbocycles. The van der Waals surface area contributed by atoms with Crippen LogP contribution in [-0.4, -0.2) is 69.1 Å². The smallest absolute Gasteiger partial charge is 0.194 e. The van der Waals surface area contributed by atoms with E-state index in [1.165, 1.54) is 5.56 Å². The van der Waals surface area contributed by atoms with Crippen molar-refractivity contribution in [2.75, 3.05) is 46.0 Å². The summed E-state index contributed by atoms with van der Waals surface area (Å²) in [5.74, 6) is 1.93. The van der Waals surface area contributed by atoms with Crippen molar-refractivity contribution < 1.29 is 14.2 Å². The lowest BCUT2D eigenvalue weighted by molar-refractivity contribution is -0.0817. The van der Waals surface area contributed by atoms with Crippen LogP contribution in [-0.2, 0) is 15.9 Å². The molecule has 7 heteroatoms. The van der Waals surface area contributed by atoms with Crippen molar-refractivity contribution in [3.8, 4) is 5.75 Å². The highest BCUT2D eigenvalue weighted by Gasteiger charge is 2.32. The van der Waals surface area contributed by atoms with Gasteiger partial charge in [-0.05, 0) is 44.7 Å². The number of ether oxygens (including phenoxy) is 3. The molecule has 2 heterocycles. The van der Waals surface area contributed by atoms with Crippen LogP contribution in [0.25, 0.3) is 0 Å². The summed E-state index contributed by atoms with van der Waals surface area (Å²) in [5.41, 5.74) is 1.21. The molecular weight excluding hydrogens is 469 g/mol. The van der Waals surface area contributed by atoms with Crippen LogP contribution in [0.5, 0.6) is 5.75 Å². The SMILES string of the molecule is CCNC(=NCCc1ccccc1OCC)N1CCOC(C2CCCO2)C1.I. The van der Waals surface area contributed by atoms with E-state index in [4.69, 9.17) is 19.2 Å². The van der Waals surface area contributed by atoms with Crippen LogP contribution < -0.4 is 10.1 Å². The molecule has 0 radical (unpaired) electrons. The van der Waals surface area contributed by atoms with Gasteiger partial charge in [0.25, 0.3) is 0 Å². The topological polar surface area (TPSA) is 55.3 Å². The normalized spacial score (nSPS) is 22.6. The van der Waals surface area contributed by atoms with Crippen LogP contribution in [0.4, 0.5) is 0 Å². The molecule has 158 valence electrons. The third-order valence-corrected chi connectivity index (χ3v) is 5.02. The van der Waals surface area contributed by atoms with Crippen molar-refractivity contribution in [3.63, 3.8) is 0 Å². The fraction of sp³-hybridized carbons (Fsp3) is 0.667. The van der Waals surface area contributed by atoms with Crippen LogP contribution in [0.3, 0.4) is 0 Å². The van der Waals surface area contributed by atoms with Gasteiger partial charge in [-0.15, -0.1) is 24.0 Å². The minimum Gasteiger partial charge on any atom is -0.494 e. The fourth-order valence-corrected chi connectivity index (χ4v) is 3.70. The average Bonchev–Trinajstić information content (AvgIpc) is 3.24. The number of halogens is 1. The van der Waals surface area contributed by atoms with Gasteiger partial charge in [-0.2, -0.15) is 0 Å². The molecule has 3 rings (SSSR count). The largest absolute Gasteiger partial charge is 0.494 e. The molecule has 1 aromatic rings. The Bertz CT molecular complexity index is 608. The fourth-order valence-electron chi connectivity index (χ4n) is 3.70. The summed E-state index contributed by atoms with van der Waals surface area (Å²) in [7, 11) is 0. The van der Waals surface area contributed by atoms with Gasteiger partial charge >= 0.3 is 0 Å². The van der Waals surface area contributed by atoms with Crippen molar-refractivity contribution in [3.05, 3.63) is 29.8 Å². The van der Waals surface area contributed by atoms with Crippen molar-refractivity contribution in [1.29, 1.82) is 0 Å². The van der Waals surface area contributed by atoms with Gasteiger partial charge in [0.1, 0.15) is 11.9 Å². The zero-order valence-corrected chi connectivity index (χ0v) is 19.4. The monoisotopic (exact) mass is 503 g/mol. The predicted octanol–water partition coefficient (Wildman–Crippen LogP) is 3.09. The summed E-state index contributed by atoms with van der Waals surface area (Å²) < 4.78 is 17.5. The Balaban J connectivity index is 0.00000280. The van der Waals surface area contributed by atoms with E-state index in [-0.39, 0.29) is 36.2 Å². The number of morpholine rings is 1. The second kappa shape index (κ2) is 12.5. The van der Waals surface area contributed by atoms with Gasteiger partial charge in [-0.25, -0.2) is 0 Å². The summed E-state index contributed by atoms with van der Waals surface area (Å²) in [6.45, 7) is 9.68. The Morgan fingerprint density at radius 2 is 2.04 bits per heavy atom. The van der Waals surface area contributed by atoms with Gasteiger partial charge in [-0.1, -0.05) is 18.2 Å². The number of guanidine groups is 1. The van der Waals surface area contributed by atoms with E-state index in [2.05, 4.69) is 29.3 Å². The number of aliphatic imine (C=N–C) groups is 1. The van der Waals surface area contributed by atoms with Crippen LogP contribution in [0.15, 0.2) is 29.3 Å². The summed E-state index contributed by atoms with van der Waals surface area (Å²) in [6, 6.07) is 8.22. The van der Waals surface area contributed by atoms with Crippen LogP contribution in [0.1, 0.15) is 32.3 Å². The zero-order valence-electron chi connectivity index (χ0n) is 17.1. The lowest BCUT2D eigenvalue weighted by Crippen LogP contribution is -2.53. The molecule has 2 unspecified atom stereocenters. The Morgan fingerprint density at radius 1 is 1.21 bits per heavy atom. The quantitative estimate of drug-likeness (QED) is 0.352. The third kappa shape index (κ3) is 6.49. The first-order valence-electron chi connectivity index (χ1n) is 10.3. The highest BCUT2D eigenvalue weighted by Crippen LogP contribution is 2.21. The lowest BCUT2D eigenvalue weighted by atomic mass is 10.1. The molecule has 2 atom stereocenters. The number of rotatable bonds is 7. The standard InChI is InChI=1S/C21H33N3O3.HI/c1-3-22-21(23-12-11-17-8-5-6-9-18(17)25-4-2)24-13-15-27-20(16-24)19-10-7-14-26-19;/h5-6,8-9,19-20H,3-4,7,10-16H2,1-2H3,(H,22,23);1H. The number of nitrogens with one attached hydrogen (secondary N) is 1. The van der Waals surface area contributed by atoms with Crippen LogP contribution in [0.2, 0.25) is 0 Å². The second-order valence-electron chi connectivity index (χ2n) is 6.93. The molecule has 0 aliphatic carbocycles. The molecule has 2 fully saturated rings. The molecule has 2 aliphatic rings. The Hall–Kier alpha value is -1.06. The molecule has 1 N–H and O–H groups in total. The molecule has 0 aromatic heterocycles. The van der Waals surface area contributed by atoms with Gasteiger partial charge in [0.05, 0.1) is 19.3 Å². The highest BCUT2D eigenvalue weighted by molar-refractivity contribution is 14.0. The lowest BCUT2D eigenvalue weighted by Gasteiger charge is -2.37. The summed E-state index contributed by atoms with van der Waals surface area (Å²) >= 11 is 0. The Kier molecular flexibility index (Phi) is 10.4. The summed E-state index contributed by atoms with van der Waals surface area (Å²) in [5, 5.41) is 3.44. The first kappa shape index (κ1) is 23.2. The van der Waals surface area contributed by atoms with E-state index < -0.39 is 0 Å². The molecule has 0 amide bonds. The first-order chi connectivity index (χ1) is 13.3. The van der Waals surface area contributed by atoms with Gasteiger partial charge in [0.2, 0.25) is 0 Å². The number of hydrogen-bond donors (Lipinski definition) is 1. The maximum absolute atomic E-state index is 5.97. The van der Waals surface area contributed by atoms with Gasteiger partial charge in [-0.3, -0.25) is 4.99 Å². The average molecular weight is 503 g/mol. The molecule has 1 aromatic carbocycles. The predicted molar refractivity (Wildman–Crippen MR) is 123 cm³/mol. The van der Waals surface area contributed by atoms with E-state index in [9.17, 15) is 0 Å². The molecule has 28 heavy (non-hydrogen) atoms. The summed E-state index contributed by atoms with van der Waals surface area (Å²) in [4.78, 5) is 7.19. The van der Waals surface area contributed by atoms with Crippen molar-refractivity contribution in [2.45, 2.75) is 45.3 Å². The van der Waals surface area contributed by atoms with E-state index >= 15 is 0 Å². The molecule has 6 nitrogen and oxygen atoms in total. The van der Waals surface area contributed by atoms with Crippen LogP contribution in [0, 0.1) is 0 Å². The first-order valence-corrected chi connectivity index (χ1v) is 10.3. The molecule has 0 bridgehead atoms. The summed E-state index contributed by atoms with van der Waals surface area (Å²) in [6.07, 6.45) is 3.47. The highest BCUT2D eigenvalue weighted by atomic mass is 127. The Labute approximate surface area is 186 Å². The second-order valence-corrected chi connectivity index (χ2v) is 6.93. The number of nitrogens with zero attached hydrogens (tertiary/aromatic N) is 2. The van der Waals surface area contributed by atoms with Crippen molar-refractivity contribution in [2.24, 2.45) is 4.99 Å². The van der Waals surface area contributed by atoms with E-state index in [1.807, 2.05) is 19.1 Å². The van der Waals surface area contributed by atoms with E-state index in [1.54, 1.807) is 0 Å². The van der Waals surface area contributed by atoms with E-state index in [0.29, 0.717) is 6.61 Å². The molecule has 2 saturated heterocycles. The maximum atomic E-state index is 5.97. The number of benzene rings is 1. The molecule has 2 aliphatic heterocycles. The maximum Gasteiger partial charge on any atom is 0.194 e. The minimum absolute atomic E-state index is 0.